The molecule has 1 aliphatic heterocycles. The largest absolute Gasteiger partial charge is 0.493 e. The molecule has 1 heterocycles. The second-order valence-corrected chi connectivity index (χ2v) is 6.90. The lowest BCUT2D eigenvalue weighted by atomic mass is 9.99. The topological polar surface area (TPSA) is 60.0 Å². The maximum absolute atomic E-state index is 12.8. The van der Waals surface area contributed by atoms with Crippen molar-refractivity contribution >= 4 is 17.3 Å². The first kappa shape index (κ1) is 20.0. The van der Waals surface area contributed by atoms with E-state index in [1.807, 2.05) is 49.4 Å². The van der Waals surface area contributed by atoms with E-state index >= 15 is 0 Å². The molecule has 1 saturated heterocycles. The Hall–Kier alpha value is -2.73. The summed E-state index contributed by atoms with van der Waals surface area (Å²) in [5.41, 5.74) is 2.91. The van der Waals surface area contributed by atoms with Gasteiger partial charge in [-0.2, -0.15) is 0 Å². The number of amides is 1. The number of ether oxygens (including phenoxy) is 3. The molecule has 0 aromatic heterocycles. The molecule has 0 aliphatic carbocycles. The molecular weight excluding hydrogens is 356 g/mol. The molecule has 1 amide bonds. The highest BCUT2D eigenvalue weighted by Gasteiger charge is 2.19. The van der Waals surface area contributed by atoms with Crippen LogP contribution in [-0.4, -0.2) is 46.4 Å². The number of methoxy groups -OCH3 is 2. The number of nitrogens with one attached hydrogen (secondary N) is 1. The summed E-state index contributed by atoms with van der Waals surface area (Å²) in [5, 5.41) is 3.10. The predicted octanol–water partition coefficient (Wildman–Crippen LogP) is 3.36. The van der Waals surface area contributed by atoms with Crippen molar-refractivity contribution < 1.29 is 19.0 Å². The van der Waals surface area contributed by atoms with Crippen LogP contribution in [0.15, 0.2) is 42.5 Å². The number of hydrogen-bond acceptors (Lipinski definition) is 5. The van der Waals surface area contributed by atoms with Gasteiger partial charge in [0.15, 0.2) is 11.5 Å². The minimum Gasteiger partial charge on any atom is -0.493 e. The minimum absolute atomic E-state index is 0.00417. The molecular formula is C22H28N2O4. The number of carbonyl (C=O) groups excluding carboxylic acids is 1. The van der Waals surface area contributed by atoms with E-state index in [1.165, 1.54) is 0 Å². The molecule has 2 aromatic carbocycles. The molecule has 6 heteroatoms. The van der Waals surface area contributed by atoms with Crippen molar-refractivity contribution in [2.45, 2.75) is 13.3 Å². The predicted molar refractivity (Wildman–Crippen MR) is 111 cm³/mol. The first-order valence-corrected chi connectivity index (χ1v) is 9.56. The van der Waals surface area contributed by atoms with Gasteiger partial charge in [-0.25, -0.2) is 0 Å². The van der Waals surface area contributed by atoms with Gasteiger partial charge in [0.2, 0.25) is 5.91 Å². The van der Waals surface area contributed by atoms with Crippen molar-refractivity contribution in [1.29, 1.82) is 0 Å². The highest BCUT2D eigenvalue weighted by atomic mass is 16.5. The van der Waals surface area contributed by atoms with Gasteiger partial charge in [0.1, 0.15) is 0 Å². The third-order valence-corrected chi connectivity index (χ3v) is 4.95. The lowest BCUT2D eigenvalue weighted by molar-refractivity contribution is -0.119. The number of morpholine rings is 1. The van der Waals surface area contributed by atoms with E-state index in [0.717, 1.165) is 30.0 Å². The number of para-hydroxylation sites is 2. The molecule has 1 N–H and O–H groups in total. The standard InChI is InChI=1S/C22H28N2O4/c1-16(14-17-8-9-20(26-2)21(15-17)27-3)22(25)23-18-6-4-5-7-19(18)24-10-12-28-13-11-24/h4-9,15-16H,10-14H2,1-3H3,(H,23,25). The van der Waals surface area contributed by atoms with Gasteiger partial charge < -0.3 is 24.4 Å². The summed E-state index contributed by atoms with van der Waals surface area (Å²) < 4.78 is 16.1. The lowest BCUT2D eigenvalue weighted by Gasteiger charge is -2.30. The first-order chi connectivity index (χ1) is 13.6. The Morgan fingerprint density at radius 2 is 1.82 bits per heavy atom. The van der Waals surface area contributed by atoms with E-state index in [4.69, 9.17) is 14.2 Å². The minimum atomic E-state index is -0.184. The third kappa shape index (κ3) is 4.75. The molecule has 2 aromatic rings. The van der Waals surface area contributed by atoms with Gasteiger partial charge in [-0.05, 0) is 36.2 Å². The third-order valence-electron chi connectivity index (χ3n) is 4.95. The van der Waals surface area contributed by atoms with Gasteiger partial charge in [-0.3, -0.25) is 4.79 Å². The number of anilines is 2. The van der Waals surface area contributed by atoms with Crippen LogP contribution in [0.4, 0.5) is 11.4 Å². The van der Waals surface area contributed by atoms with Crippen molar-refractivity contribution in [3.63, 3.8) is 0 Å². The Labute approximate surface area is 166 Å². The van der Waals surface area contributed by atoms with Gasteiger partial charge in [-0.15, -0.1) is 0 Å². The molecule has 0 bridgehead atoms. The molecule has 6 nitrogen and oxygen atoms in total. The van der Waals surface area contributed by atoms with E-state index in [1.54, 1.807) is 14.2 Å². The number of hydrogen-bond donors (Lipinski definition) is 1. The molecule has 1 aliphatic rings. The maximum atomic E-state index is 12.8. The Bertz CT molecular complexity index is 803. The Kier molecular flexibility index (Phi) is 6.76. The molecule has 1 atom stereocenters. The normalized spacial score (nSPS) is 15.0. The van der Waals surface area contributed by atoms with Crippen LogP contribution < -0.4 is 19.7 Å². The van der Waals surface area contributed by atoms with E-state index in [2.05, 4.69) is 10.2 Å². The summed E-state index contributed by atoms with van der Waals surface area (Å²) in [6.07, 6.45) is 0.617. The second kappa shape index (κ2) is 9.46. The summed E-state index contributed by atoms with van der Waals surface area (Å²) in [4.78, 5) is 15.1. The fourth-order valence-corrected chi connectivity index (χ4v) is 3.37. The fraction of sp³-hybridized carbons (Fsp3) is 0.409. The van der Waals surface area contributed by atoms with Gasteiger partial charge in [-0.1, -0.05) is 25.1 Å². The van der Waals surface area contributed by atoms with Crippen molar-refractivity contribution in [2.75, 3.05) is 50.7 Å². The Morgan fingerprint density at radius 3 is 2.54 bits per heavy atom. The summed E-state index contributed by atoms with van der Waals surface area (Å²) in [6.45, 7) is 5.00. The van der Waals surface area contributed by atoms with E-state index < -0.39 is 0 Å². The van der Waals surface area contributed by atoms with Gasteiger partial charge >= 0.3 is 0 Å². The van der Waals surface area contributed by atoms with Crippen LogP contribution in [-0.2, 0) is 16.0 Å². The van der Waals surface area contributed by atoms with Crippen LogP contribution >= 0.6 is 0 Å². The van der Waals surface area contributed by atoms with Crippen molar-refractivity contribution in [1.82, 2.24) is 0 Å². The zero-order chi connectivity index (χ0) is 19.9. The number of nitrogens with zero attached hydrogens (tertiary/aromatic N) is 1. The summed E-state index contributed by atoms with van der Waals surface area (Å²) in [5.74, 6) is 1.17. The molecule has 0 spiro atoms. The summed E-state index contributed by atoms with van der Waals surface area (Å²) >= 11 is 0. The SMILES string of the molecule is COc1ccc(CC(C)C(=O)Nc2ccccc2N2CCOCC2)cc1OC. The number of benzene rings is 2. The van der Waals surface area contributed by atoms with Crippen LogP contribution in [0.2, 0.25) is 0 Å². The van der Waals surface area contributed by atoms with Crippen LogP contribution in [0.5, 0.6) is 11.5 Å². The zero-order valence-corrected chi connectivity index (χ0v) is 16.7. The second-order valence-electron chi connectivity index (χ2n) is 6.90. The highest BCUT2D eigenvalue weighted by molar-refractivity contribution is 5.95. The number of rotatable bonds is 7. The molecule has 3 rings (SSSR count). The van der Waals surface area contributed by atoms with Gasteiger partial charge in [0.05, 0.1) is 38.8 Å². The molecule has 28 heavy (non-hydrogen) atoms. The Morgan fingerprint density at radius 1 is 1.11 bits per heavy atom. The van der Waals surface area contributed by atoms with E-state index in [0.29, 0.717) is 31.1 Å². The van der Waals surface area contributed by atoms with Crippen LogP contribution in [0.3, 0.4) is 0 Å². The highest BCUT2D eigenvalue weighted by Crippen LogP contribution is 2.29. The van der Waals surface area contributed by atoms with E-state index in [-0.39, 0.29) is 11.8 Å². The van der Waals surface area contributed by atoms with E-state index in [9.17, 15) is 4.79 Å². The van der Waals surface area contributed by atoms with Crippen LogP contribution in [0.1, 0.15) is 12.5 Å². The average molecular weight is 384 g/mol. The number of carbonyl (C=O) groups is 1. The smallest absolute Gasteiger partial charge is 0.227 e. The van der Waals surface area contributed by atoms with Crippen LogP contribution in [0, 0.1) is 5.92 Å². The fourth-order valence-electron chi connectivity index (χ4n) is 3.37. The van der Waals surface area contributed by atoms with Crippen molar-refractivity contribution in [3.05, 3.63) is 48.0 Å². The summed E-state index contributed by atoms with van der Waals surface area (Å²) in [7, 11) is 3.22. The quantitative estimate of drug-likeness (QED) is 0.793. The molecule has 0 radical (unpaired) electrons. The van der Waals surface area contributed by atoms with Gasteiger partial charge in [0, 0.05) is 19.0 Å². The summed E-state index contributed by atoms with van der Waals surface area (Å²) in [6, 6.07) is 13.7. The maximum Gasteiger partial charge on any atom is 0.227 e. The van der Waals surface area contributed by atoms with Crippen molar-refractivity contribution in [3.8, 4) is 11.5 Å². The Balaban J connectivity index is 1.68. The average Bonchev–Trinajstić information content (AvgIpc) is 2.74. The molecule has 1 unspecified atom stereocenters. The monoisotopic (exact) mass is 384 g/mol. The lowest BCUT2D eigenvalue weighted by Crippen LogP contribution is -2.37. The van der Waals surface area contributed by atoms with Crippen LogP contribution in [0.25, 0.3) is 0 Å². The zero-order valence-electron chi connectivity index (χ0n) is 16.7. The molecule has 1 fully saturated rings. The molecule has 150 valence electrons. The molecule has 0 saturated carbocycles. The first-order valence-electron chi connectivity index (χ1n) is 9.56. The van der Waals surface area contributed by atoms with Gasteiger partial charge in [0.25, 0.3) is 0 Å². The van der Waals surface area contributed by atoms with Crippen molar-refractivity contribution in [2.24, 2.45) is 5.92 Å².